The number of fused-ring (bicyclic) bond motifs is 1. The minimum absolute atomic E-state index is 0.118. The summed E-state index contributed by atoms with van der Waals surface area (Å²) in [5, 5.41) is 11.3. The maximum atomic E-state index is 12.9. The Morgan fingerprint density at radius 2 is 1.59 bits per heavy atom. The maximum Gasteiger partial charge on any atom is 0.256 e. The Balaban J connectivity index is 1.31. The lowest BCUT2D eigenvalue weighted by atomic mass is 10.0. The molecule has 0 saturated heterocycles. The summed E-state index contributed by atoms with van der Waals surface area (Å²) in [6.45, 7) is 2.07. The number of amides is 1. The highest BCUT2D eigenvalue weighted by Gasteiger charge is 2.11. The molecule has 0 bridgehead atoms. The first-order chi connectivity index (χ1) is 15.7. The molecule has 0 saturated carbocycles. The largest absolute Gasteiger partial charge is 0.331 e. The molecule has 156 valence electrons. The van der Waals surface area contributed by atoms with Gasteiger partial charge in [0.2, 0.25) is 0 Å². The van der Waals surface area contributed by atoms with Crippen LogP contribution in [0.5, 0.6) is 0 Å². The van der Waals surface area contributed by atoms with Crippen molar-refractivity contribution in [3.05, 3.63) is 108 Å². The van der Waals surface area contributed by atoms with Crippen LogP contribution in [0.1, 0.15) is 15.9 Å². The normalized spacial score (nSPS) is 10.8. The predicted octanol–water partition coefficient (Wildman–Crippen LogP) is 7.27. The zero-order valence-corrected chi connectivity index (χ0v) is 18.3. The van der Waals surface area contributed by atoms with E-state index in [1.54, 1.807) is 11.3 Å². The minimum atomic E-state index is -0.118. The highest BCUT2D eigenvalue weighted by atomic mass is 32.1. The van der Waals surface area contributed by atoms with Crippen molar-refractivity contribution >= 4 is 44.5 Å². The van der Waals surface area contributed by atoms with Gasteiger partial charge in [-0.3, -0.25) is 4.79 Å². The van der Waals surface area contributed by atoms with E-state index >= 15 is 0 Å². The van der Waals surface area contributed by atoms with E-state index in [4.69, 9.17) is 4.98 Å². The zero-order chi connectivity index (χ0) is 21.9. The molecule has 4 aromatic carbocycles. The van der Waals surface area contributed by atoms with Gasteiger partial charge in [0.15, 0.2) is 5.13 Å². The Morgan fingerprint density at radius 1 is 0.844 bits per heavy atom. The lowest BCUT2D eigenvalue weighted by Gasteiger charge is -2.09. The van der Waals surface area contributed by atoms with Crippen LogP contribution in [0.2, 0.25) is 0 Å². The van der Waals surface area contributed by atoms with E-state index in [9.17, 15) is 4.79 Å². The van der Waals surface area contributed by atoms with E-state index in [1.165, 1.54) is 5.56 Å². The fourth-order valence-electron chi connectivity index (χ4n) is 3.64. The van der Waals surface area contributed by atoms with Gasteiger partial charge in [0.05, 0.1) is 5.69 Å². The Hall–Kier alpha value is -3.96. The van der Waals surface area contributed by atoms with Crippen molar-refractivity contribution < 1.29 is 4.79 Å². The van der Waals surface area contributed by atoms with Gasteiger partial charge in [-0.15, -0.1) is 11.3 Å². The van der Waals surface area contributed by atoms with Gasteiger partial charge in [-0.25, -0.2) is 4.98 Å². The summed E-state index contributed by atoms with van der Waals surface area (Å²) in [7, 11) is 0. The molecular formula is C27H21N3OS. The molecule has 0 spiro atoms. The van der Waals surface area contributed by atoms with E-state index in [2.05, 4.69) is 23.6 Å². The lowest BCUT2D eigenvalue weighted by Crippen LogP contribution is -2.12. The van der Waals surface area contributed by atoms with Crippen molar-refractivity contribution in [2.45, 2.75) is 6.92 Å². The molecule has 1 heterocycles. The second-order valence-corrected chi connectivity index (χ2v) is 8.39. The number of aryl methyl sites for hydroxylation is 1. The number of carbonyl (C=O) groups is 1. The summed E-state index contributed by atoms with van der Waals surface area (Å²) in [6.07, 6.45) is 0. The topological polar surface area (TPSA) is 54.0 Å². The number of benzene rings is 4. The molecule has 32 heavy (non-hydrogen) atoms. The number of nitrogens with one attached hydrogen (secondary N) is 2. The summed E-state index contributed by atoms with van der Waals surface area (Å²) in [5.74, 6) is -0.118. The van der Waals surface area contributed by atoms with Crippen LogP contribution in [0.4, 0.5) is 16.5 Å². The third-order valence-corrected chi connectivity index (χ3v) is 6.12. The van der Waals surface area contributed by atoms with Crippen LogP contribution in [0.15, 0.2) is 96.4 Å². The van der Waals surface area contributed by atoms with Gasteiger partial charge in [-0.05, 0) is 47.5 Å². The molecule has 0 fully saturated rings. The number of carbonyl (C=O) groups excluding carboxylic acids is 1. The second kappa shape index (κ2) is 8.65. The van der Waals surface area contributed by atoms with Crippen LogP contribution in [0.3, 0.4) is 0 Å². The zero-order valence-electron chi connectivity index (χ0n) is 17.5. The van der Waals surface area contributed by atoms with Crippen LogP contribution in [-0.2, 0) is 0 Å². The Labute approximate surface area is 190 Å². The van der Waals surface area contributed by atoms with Gasteiger partial charge in [-0.1, -0.05) is 66.7 Å². The number of rotatable bonds is 5. The van der Waals surface area contributed by atoms with Crippen LogP contribution >= 0.6 is 11.3 Å². The summed E-state index contributed by atoms with van der Waals surface area (Å²) in [4.78, 5) is 17.6. The van der Waals surface area contributed by atoms with Crippen molar-refractivity contribution in [2.75, 3.05) is 10.6 Å². The molecule has 0 aliphatic carbocycles. The maximum absolute atomic E-state index is 12.9. The molecule has 0 aliphatic heterocycles. The van der Waals surface area contributed by atoms with Crippen molar-refractivity contribution in [1.29, 1.82) is 0 Å². The summed E-state index contributed by atoms with van der Waals surface area (Å²) >= 11 is 1.57. The van der Waals surface area contributed by atoms with Gasteiger partial charge in [-0.2, -0.15) is 0 Å². The standard InChI is InChI=1S/C27H21N3OS/c1-18-7-2-5-12-24(18)29-27-30-25(17-32-27)20-13-15-21(16-14-20)28-26(31)23-11-6-9-19-8-3-4-10-22(19)23/h2-17H,1H3,(H,28,31)(H,29,30). The Bertz CT molecular complexity index is 1400. The minimum Gasteiger partial charge on any atom is -0.331 e. The third-order valence-electron chi connectivity index (χ3n) is 5.36. The summed E-state index contributed by atoms with van der Waals surface area (Å²) < 4.78 is 0. The molecule has 1 amide bonds. The number of anilines is 3. The molecule has 5 rings (SSSR count). The van der Waals surface area contributed by atoms with E-state index in [-0.39, 0.29) is 5.91 Å². The van der Waals surface area contributed by atoms with Gasteiger partial charge < -0.3 is 10.6 Å². The molecular weight excluding hydrogens is 414 g/mol. The highest BCUT2D eigenvalue weighted by Crippen LogP contribution is 2.29. The van der Waals surface area contributed by atoms with Crippen molar-refractivity contribution in [2.24, 2.45) is 0 Å². The molecule has 0 radical (unpaired) electrons. The van der Waals surface area contributed by atoms with E-state index in [1.807, 2.05) is 90.3 Å². The van der Waals surface area contributed by atoms with E-state index < -0.39 is 0 Å². The van der Waals surface area contributed by atoms with Gasteiger partial charge in [0.1, 0.15) is 0 Å². The van der Waals surface area contributed by atoms with Crippen molar-refractivity contribution in [3.8, 4) is 11.3 Å². The first-order valence-corrected chi connectivity index (χ1v) is 11.2. The molecule has 5 aromatic rings. The van der Waals surface area contributed by atoms with E-state index in [0.29, 0.717) is 5.56 Å². The number of aromatic nitrogens is 1. The molecule has 1 aromatic heterocycles. The molecule has 4 nitrogen and oxygen atoms in total. The molecule has 0 aliphatic rings. The number of thiazole rings is 1. The van der Waals surface area contributed by atoms with Gasteiger partial charge in [0.25, 0.3) is 5.91 Å². The average Bonchev–Trinajstić information content (AvgIpc) is 3.29. The molecule has 5 heteroatoms. The van der Waals surface area contributed by atoms with Crippen molar-refractivity contribution in [3.63, 3.8) is 0 Å². The Morgan fingerprint density at radius 3 is 2.44 bits per heavy atom. The number of hydrogen-bond acceptors (Lipinski definition) is 4. The number of hydrogen-bond donors (Lipinski definition) is 2. The first kappa shape index (κ1) is 20.0. The molecule has 2 N–H and O–H groups in total. The van der Waals surface area contributed by atoms with Crippen LogP contribution < -0.4 is 10.6 Å². The fraction of sp³-hybridized carbons (Fsp3) is 0.0370. The highest BCUT2D eigenvalue weighted by molar-refractivity contribution is 7.14. The lowest BCUT2D eigenvalue weighted by molar-refractivity contribution is 0.102. The van der Waals surface area contributed by atoms with Crippen LogP contribution in [-0.4, -0.2) is 10.9 Å². The van der Waals surface area contributed by atoms with E-state index in [0.717, 1.165) is 38.5 Å². The smallest absolute Gasteiger partial charge is 0.256 e. The average molecular weight is 436 g/mol. The predicted molar refractivity (Wildman–Crippen MR) is 134 cm³/mol. The molecule has 0 unspecified atom stereocenters. The first-order valence-electron chi connectivity index (χ1n) is 10.3. The number of para-hydroxylation sites is 1. The van der Waals surface area contributed by atoms with Gasteiger partial charge >= 0.3 is 0 Å². The second-order valence-electron chi connectivity index (χ2n) is 7.54. The Kier molecular flexibility index (Phi) is 5.40. The SMILES string of the molecule is Cc1ccccc1Nc1nc(-c2ccc(NC(=O)c3cccc4ccccc34)cc2)cs1. The van der Waals surface area contributed by atoms with Crippen LogP contribution in [0.25, 0.3) is 22.0 Å². The monoisotopic (exact) mass is 435 g/mol. The fourth-order valence-corrected chi connectivity index (χ4v) is 4.37. The van der Waals surface area contributed by atoms with Crippen molar-refractivity contribution in [1.82, 2.24) is 4.98 Å². The molecule has 0 atom stereocenters. The number of nitrogens with zero attached hydrogens (tertiary/aromatic N) is 1. The quantitative estimate of drug-likeness (QED) is 0.305. The summed E-state index contributed by atoms with van der Waals surface area (Å²) in [6, 6.07) is 29.6. The van der Waals surface area contributed by atoms with Gasteiger partial charge in [0, 0.05) is 27.9 Å². The third kappa shape index (κ3) is 4.11. The van der Waals surface area contributed by atoms with Crippen LogP contribution in [0, 0.1) is 6.92 Å². The summed E-state index contributed by atoms with van der Waals surface area (Å²) in [5.41, 5.74) is 5.55.